The van der Waals surface area contributed by atoms with Gasteiger partial charge >= 0.3 is 0 Å². The van der Waals surface area contributed by atoms with E-state index < -0.39 is 0 Å². The molecule has 1 fully saturated rings. The fourth-order valence-corrected chi connectivity index (χ4v) is 2.17. The summed E-state index contributed by atoms with van der Waals surface area (Å²) < 4.78 is 11.0. The van der Waals surface area contributed by atoms with Crippen LogP contribution in [-0.4, -0.2) is 32.9 Å². The van der Waals surface area contributed by atoms with E-state index in [0.29, 0.717) is 6.61 Å². The maximum absolute atomic E-state index is 5.55. The molecular formula is C14H21NO2. The molecule has 0 atom stereocenters. The van der Waals surface area contributed by atoms with Crippen molar-refractivity contribution in [1.82, 2.24) is 5.32 Å². The van der Waals surface area contributed by atoms with E-state index in [2.05, 4.69) is 30.4 Å². The minimum atomic E-state index is 0.142. The molecule has 3 nitrogen and oxygen atoms in total. The molecule has 0 bridgehead atoms. The fraction of sp³-hybridized carbons (Fsp3) is 0.571. The van der Waals surface area contributed by atoms with Gasteiger partial charge in [0.2, 0.25) is 0 Å². The van der Waals surface area contributed by atoms with E-state index in [1.54, 1.807) is 0 Å². The predicted octanol–water partition coefficient (Wildman–Crippen LogP) is 1.96. The summed E-state index contributed by atoms with van der Waals surface area (Å²) in [6.45, 7) is 8.41. The van der Waals surface area contributed by atoms with Gasteiger partial charge in [-0.25, -0.2) is 0 Å². The summed E-state index contributed by atoms with van der Waals surface area (Å²) in [6, 6.07) is 8.38. The molecular weight excluding hydrogens is 214 g/mol. The maximum atomic E-state index is 5.55. The third-order valence-corrected chi connectivity index (χ3v) is 3.23. The highest BCUT2D eigenvalue weighted by atomic mass is 16.5. The van der Waals surface area contributed by atoms with Crippen molar-refractivity contribution in [2.24, 2.45) is 0 Å². The molecule has 1 aromatic carbocycles. The summed E-state index contributed by atoms with van der Waals surface area (Å²) in [7, 11) is 0. The van der Waals surface area contributed by atoms with Crippen molar-refractivity contribution in [3.63, 3.8) is 0 Å². The van der Waals surface area contributed by atoms with Crippen LogP contribution in [-0.2, 0) is 10.2 Å². The van der Waals surface area contributed by atoms with Gasteiger partial charge < -0.3 is 14.8 Å². The second-order valence-corrected chi connectivity index (χ2v) is 4.51. The van der Waals surface area contributed by atoms with Crippen LogP contribution in [0.3, 0.4) is 0 Å². The number of hydrogen-bond donors (Lipinski definition) is 1. The third kappa shape index (κ3) is 2.61. The lowest BCUT2D eigenvalue weighted by Gasteiger charge is -2.42. The number of ether oxygens (including phenoxy) is 2. The first-order chi connectivity index (χ1) is 8.30. The zero-order valence-corrected chi connectivity index (χ0v) is 10.7. The van der Waals surface area contributed by atoms with Crippen LogP contribution in [0.4, 0.5) is 0 Å². The van der Waals surface area contributed by atoms with Crippen LogP contribution >= 0.6 is 0 Å². The molecule has 1 N–H and O–H groups in total. The Balaban J connectivity index is 2.15. The highest BCUT2D eigenvalue weighted by Gasteiger charge is 2.40. The lowest BCUT2D eigenvalue weighted by molar-refractivity contribution is -0.0588. The van der Waals surface area contributed by atoms with Crippen molar-refractivity contribution in [3.8, 4) is 5.75 Å². The lowest BCUT2D eigenvalue weighted by Crippen LogP contribution is -2.53. The second kappa shape index (κ2) is 5.52. The summed E-state index contributed by atoms with van der Waals surface area (Å²) in [4.78, 5) is 0. The van der Waals surface area contributed by atoms with E-state index in [1.165, 1.54) is 5.56 Å². The molecule has 0 aromatic heterocycles. The molecule has 0 radical (unpaired) electrons. The Morgan fingerprint density at radius 3 is 2.76 bits per heavy atom. The van der Waals surface area contributed by atoms with Gasteiger partial charge in [-0.05, 0) is 31.2 Å². The minimum Gasteiger partial charge on any atom is -0.494 e. The summed E-state index contributed by atoms with van der Waals surface area (Å²) >= 11 is 0. The molecule has 1 aromatic rings. The summed E-state index contributed by atoms with van der Waals surface area (Å²) in [5.74, 6) is 0.952. The molecule has 1 heterocycles. The number of benzene rings is 1. The van der Waals surface area contributed by atoms with Crippen LogP contribution in [0.1, 0.15) is 19.4 Å². The molecule has 0 amide bonds. The van der Waals surface area contributed by atoms with Gasteiger partial charge in [0, 0.05) is 6.54 Å². The summed E-state index contributed by atoms with van der Waals surface area (Å²) in [5.41, 5.74) is 1.46. The average molecular weight is 235 g/mol. The van der Waals surface area contributed by atoms with E-state index in [0.717, 1.165) is 32.1 Å². The number of rotatable bonds is 6. The maximum Gasteiger partial charge on any atom is 0.119 e. The summed E-state index contributed by atoms with van der Waals surface area (Å²) in [5, 5.41) is 3.42. The first-order valence-corrected chi connectivity index (χ1v) is 6.32. The van der Waals surface area contributed by atoms with E-state index in [-0.39, 0.29) is 5.41 Å². The Kier molecular flexibility index (Phi) is 4.02. The summed E-state index contributed by atoms with van der Waals surface area (Å²) in [6.07, 6.45) is 0. The van der Waals surface area contributed by atoms with Crippen LogP contribution in [0, 0.1) is 0 Å². The van der Waals surface area contributed by atoms with Gasteiger partial charge in [-0.15, -0.1) is 0 Å². The van der Waals surface area contributed by atoms with E-state index >= 15 is 0 Å². The first-order valence-electron chi connectivity index (χ1n) is 6.32. The number of hydrogen-bond acceptors (Lipinski definition) is 3. The van der Waals surface area contributed by atoms with Gasteiger partial charge in [0.1, 0.15) is 5.75 Å². The van der Waals surface area contributed by atoms with Gasteiger partial charge in [0.15, 0.2) is 0 Å². The molecule has 3 heteroatoms. The van der Waals surface area contributed by atoms with Crippen LogP contribution in [0.15, 0.2) is 24.3 Å². The van der Waals surface area contributed by atoms with Crippen molar-refractivity contribution in [2.45, 2.75) is 19.3 Å². The Morgan fingerprint density at radius 2 is 2.18 bits per heavy atom. The van der Waals surface area contributed by atoms with Crippen LogP contribution in [0.25, 0.3) is 0 Å². The topological polar surface area (TPSA) is 30.5 Å². The smallest absolute Gasteiger partial charge is 0.119 e. The standard InChI is InChI=1S/C14H21NO2/c1-3-15-9-14(10-16-11-14)12-6-5-7-13(8-12)17-4-2/h5-8,15H,3-4,9-11H2,1-2H3. The molecule has 1 aliphatic rings. The Bertz CT molecular complexity index is 361. The van der Waals surface area contributed by atoms with Crippen molar-refractivity contribution < 1.29 is 9.47 Å². The van der Waals surface area contributed by atoms with Gasteiger partial charge in [-0.2, -0.15) is 0 Å². The normalized spacial score (nSPS) is 17.5. The molecule has 0 unspecified atom stereocenters. The van der Waals surface area contributed by atoms with E-state index in [1.807, 2.05) is 13.0 Å². The first kappa shape index (κ1) is 12.4. The molecule has 0 spiro atoms. The van der Waals surface area contributed by atoms with Gasteiger partial charge in [-0.1, -0.05) is 19.1 Å². The zero-order chi connectivity index (χ0) is 12.1. The Morgan fingerprint density at radius 1 is 1.35 bits per heavy atom. The SMILES string of the molecule is CCNCC1(c2cccc(OCC)c2)COC1. The van der Waals surface area contributed by atoms with Crippen molar-refractivity contribution in [3.05, 3.63) is 29.8 Å². The van der Waals surface area contributed by atoms with Crippen molar-refractivity contribution in [1.29, 1.82) is 0 Å². The van der Waals surface area contributed by atoms with E-state index in [4.69, 9.17) is 9.47 Å². The average Bonchev–Trinajstić information content (AvgIpc) is 2.29. The van der Waals surface area contributed by atoms with Crippen LogP contribution in [0.2, 0.25) is 0 Å². The molecule has 1 saturated heterocycles. The minimum absolute atomic E-state index is 0.142. The largest absolute Gasteiger partial charge is 0.494 e. The van der Waals surface area contributed by atoms with Crippen LogP contribution < -0.4 is 10.1 Å². The van der Waals surface area contributed by atoms with Crippen molar-refractivity contribution in [2.75, 3.05) is 32.9 Å². The van der Waals surface area contributed by atoms with Gasteiger partial charge in [0.25, 0.3) is 0 Å². The van der Waals surface area contributed by atoms with E-state index in [9.17, 15) is 0 Å². The molecule has 2 rings (SSSR count). The third-order valence-electron chi connectivity index (χ3n) is 3.23. The molecule has 1 aliphatic heterocycles. The number of nitrogens with one attached hydrogen (secondary N) is 1. The Hall–Kier alpha value is -1.06. The second-order valence-electron chi connectivity index (χ2n) is 4.51. The fourth-order valence-electron chi connectivity index (χ4n) is 2.17. The monoisotopic (exact) mass is 235 g/mol. The number of likely N-dealkylation sites (N-methyl/N-ethyl adjacent to an activating group) is 1. The Labute approximate surface area is 103 Å². The van der Waals surface area contributed by atoms with Gasteiger partial charge in [0.05, 0.1) is 25.2 Å². The molecule has 0 saturated carbocycles. The van der Waals surface area contributed by atoms with Crippen molar-refractivity contribution >= 4 is 0 Å². The quantitative estimate of drug-likeness (QED) is 0.817. The highest BCUT2D eigenvalue weighted by molar-refractivity contribution is 5.36. The zero-order valence-electron chi connectivity index (χ0n) is 10.7. The predicted molar refractivity (Wildman–Crippen MR) is 68.7 cm³/mol. The molecule has 0 aliphatic carbocycles. The highest BCUT2D eigenvalue weighted by Crippen LogP contribution is 2.33. The molecule has 94 valence electrons. The van der Waals surface area contributed by atoms with Crippen LogP contribution in [0.5, 0.6) is 5.75 Å². The van der Waals surface area contributed by atoms with Gasteiger partial charge in [-0.3, -0.25) is 0 Å². The molecule has 17 heavy (non-hydrogen) atoms. The lowest BCUT2D eigenvalue weighted by atomic mass is 9.78.